The zero-order valence-corrected chi connectivity index (χ0v) is 32.9. The molecule has 1 saturated heterocycles. The van der Waals surface area contributed by atoms with Crippen molar-refractivity contribution in [3.8, 4) is 0 Å². The van der Waals surface area contributed by atoms with E-state index in [0.717, 1.165) is 0 Å². The van der Waals surface area contributed by atoms with E-state index in [1.54, 1.807) is 20.8 Å². The summed E-state index contributed by atoms with van der Waals surface area (Å²) in [6, 6.07) is -4.28. The van der Waals surface area contributed by atoms with Crippen LogP contribution >= 0.6 is 0 Å². The van der Waals surface area contributed by atoms with Gasteiger partial charge in [0, 0.05) is 25.7 Å². The number of sulfonamides is 1. The Morgan fingerprint density at radius 2 is 1.57 bits per heavy atom. The van der Waals surface area contributed by atoms with Crippen molar-refractivity contribution in [1.29, 1.82) is 0 Å². The summed E-state index contributed by atoms with van der Waals surface area (Å²) in [5, 5.41) is 21.9. The van der Waals surface area contributed by atoms with E-state index in [-0.39, 0.29) is 29.5 Å². The largest absolute Gasteiger partial charge is 0.381 e. The molecule has 1 aliphatic carbocycles. The molecular formula is C35H64N6O7S. The highest BCUT2D eigenvalue weighted by atomic mass is 32.2. The Bertz CT molecular complexity index is 1350. The maximum absolute atomic E-state index is 14.4. The smallest absolute Gasteiger partial charge is 0.315 e. The Labute approximate surface area is 294 Å². The summed E-state index contributed by atoms with van der Waals surface area (Å²) >= 11 is 0. The third-order valence-corrected chi connectivity index (χ3v) is 12.4. The lowest BCUT2D eigenvalue weighted by Crippen LogP contribution is -2.63. The van der Waals surface area contributed by atoms with Gasteiger partial charge in [-0.25, -0.2) is 13.2 Å². The number of fused-ring (bicyclic) bond motifs is 1. The van der Waals surface area contributed by atoms with E-state index in [9.17, 15) is 32.7 Å². The van der Waals surface area contributed by atoms with Gasteiger partial charge in [0.05, 0.1) is 17.8 Å². The molecule has 14 heteroatoms. The van der Waals surface area contributed by atoms with Crippen LogP contribution in [0.2, 0.25) is 0 Å². The molecule has 5 N–H and O–H groups in total. The molecular weight excluding hydrogens is 648 g/mol. The third kappa shape index (κ3) is 10.2. The maximum Gasteiger partial charge on any atom is 0.315 e. The minimum atomic E-state index is -3.77. The Balaban J connectivity index is 2.35. The first-order valence-electron chi connectivity index (χ1n) is 17.3. The highest BCUT2D eigenvalue weighted by Crippen LogP contribution is 2.65. The van der Waals surface area contributed by atoms with Gasteiger partial charge in [0.1, 0.15) is 12.1 Å². The van der Waals surface area contributed by atoms with Crippen LogP contribution in [0.15, 0.2) is 12.7 Å². The molecule has 4 unspecified atom stereocenters. The minimum absolute atomic E-state index is 0.0577. The first-order valence-corrected chi connectivity index (χ1v) is 18.9. The predicted octanol–water partition coefficient (Wildman–Crippen LogP) is 2.61. The number of rotatable bonds is 14. The van der Waals surface area contributed by atoms with Crippen molar-refractivity contribution >= 4 is 33.8 Å². The van der Waals surface area contributed by atoms with Gasteiger partial charge in [-0.05, 0) is 55.3 Å². The maximum atomic E-state index is 14.4. The summed E-state index contributed by atoms with van der Waals surface area (Å²) in [5.41, 5.74) is -2.28. The molecule has 1 aliphatic heterocycles. The Kier molecular flexibility index (Phi) is 13.2. The number of aliphatic hydroxyl groups is 1. The van der Waals surface area contributed by atoms with Gasteiger partial charge >= 0.3 is 6.03 Å². The van der Waals surface area contributed by atoms with E-state index in [2.05, 4.69) is 41.7 Å². The fraction of sp³-hybridized carbons (Fsp3) is 0.829. The first-order chi connectivity index (χ1) is 22.1. The van der Waals surface area contributed by atoms with Crippen molar-refractivity contribution in [2.24, 2.45) is 28.1 Å². The number of carbonyl (C=O) groups excluding carboxylic acids is 4. The van der Waals surface area contributed by atoms with Crippen molar-refractivity contribution in [1.82, 2.24) is 30.5 Å². The number of likely N-dealkylation sites (tertiary alicyclic amines) is 1. The second-order valence-corrected chi connectivity index (χ2v) is 19.6. The van der Waals surface area contributed by atoms with Crippen LogP contribution in [0.25, 0.3) is 0 Å². The third-order valence-electron chi connectivity index (χ3n) is 10.2. The van der Waals surface area contributed by atoms with Gasteiger partial charge in [-0.2, -0.15) is 4.31 Å². The summed E-state index contributed by atoms with van der Waals surface area (Å²) < 4.78 is 27.9. The number of carbonyl (C=O) groups is 4. The fourth-order valence-electron chi connectivity index (χ4n) is 6.55. The molecule has 0 radical (unpaired) electrons. The number of urea groups is 1. The Morgan fingerprint density at radius 1 is 1.00 bits per heavy atom. The van der Waals surface area contributed by atoms with Crippen LogP contribution in [-0.4, -0.2) is 108 Å². The first kappa shape index (κ1) is 42.5. The molecule has 0 aromatic rings. The molecule has 0 spiro atoms. The van der Waals surface area contributed by atoms with E-state index in [1.807, 2.05) is 48.5 Å². The summed E-state index contributed by atoms with van der Waals surface area (Å²) in [5.74, 6) is -1.95. The monoisotopic (exact) mass is 712 g/mol. The number of hydrogen-bond acceptors (Lipinski definition) is 7. The lowest BCUT2D eigenvalue weighted by Gasteiger charge is -2.39. The molecule has 7 atom stereocenters. The van der Waals surface area contributed by atoms with Crippen molar-refractivity contribution in [2.75, 3.05) is 25.9 Å². The molecule has 49 heavy (non-hydrogen) atoms. The van der Waals surface area contributed by atoms with Crippen molar-refractivity contribution < 1.29 is 32.7 Å². The number of amides is 5. The standard InChI is InChI=1S/C35H64N6O7S/c1-15-17-22(26(42)29(44)36-18-16-2)37-28(43)25-24-21(35(24,12)13)19-41(25)30(45)27(33(6,7)8)39-31(46)38-23(32(3,4)5)20-49(47,48)40(14)34(9,10)11/h16,21-27,42H,2,15,17-20H2,1,3-14H3,(H,36,44)(H,37,43)(H2,38,39,46)/t21?,22?,23-,24?,25+,26?,27-/m1/s1. The van der Waals surface area contributed by atoms with Gasteiger partial charge in [-0.15, -0.1) is 6.58 Å². The zero-order valence-electron chi connectivity index (χ0n) is 32.1. The fourth-order valence-corrected chi connectivity index (χ4v) is 8.62. The number of hydrogen-bond donors (Lipinski definition) is 5. The molecule has 0 aromatic carbocycles. The van der Waals surface area contributed by atoms with Crippen LogP contribution in [0, 0.1) is 28.1 Å². The lowest BCUT2D eigenvalue weighted by atomic mass is 9.85. The Hall–Kier alpha value is -2.71. The number of piperidine rings is 1. The number of nitrogens with one attached hydrogen (secondary N) is 4. The van der Waals surface area contributed by atoms with E-state index < -0.39 is 80.4 Å². The van der Waals surface area contributed by atoms with Gasteiger partial charge in [0.25, 0.3) is 5.91 Å². The Morgan fingerprint density at radius 3 is 2.04 bits per heavy atom. The lowest BCUT2D eigenvalue weighted by molar-refractivity contribution is -0.144. The molecule has 2 rings (SSSR count). The minimum Gasteiger partial charge on any atom is -0.381 e. The molecule has 1 heterocycles. The average molecular weight is 713 g/mol. The second kappa shape index (κ2) is 15.3. The highest BCUT2D eigenvalue weighted by molar-refractivity contribution is 7.89. The summed E-state index contributed by atoms with van der Waals surface area (Å²) in [7, 11) is -2.25. The average Bonchev–Trinajstić information content (AvgIpc) is 3.26. The quantitative estimate of drug-likeness (QED) is 0.172. The summed E-state index contributed by atoms with van der Waals surface area (Å²) in [6.07, 6.45) is 0.935. The van der Waals surface area contributed by atoms with Crippen LogP contribution in [-0.2, 0) is 24.4 Å². The highest BCUT2D eigenvalue weighted by Gasteiger charge is 2.70. The van der Waals surface area contributed by atoms with E-state index in [1.165, 1.54) is 22.3 Å². The summed E-state index contributed by atoms with van der Waals surface area (Å²) in [4.78, 5) is 56.0. The van der Waals surface area contributed by atoms with Gasteiger partial charge in [0.15, 0.2) is 6.10 Å². The number of aliphatic hydroxyl groups excluding tert-OH is 1. The molecule has 13 nitrogen and oxygen atoms in total. The van der Waals surface area contributed by atoms with Crippen LogP contribution in [0.5, 0.6) is 0 Å². The number of nitrogens with zero attached hydrogens (tertiary/aromatic N) is 2. The van der Waals surface area contributed by atoms with Crippen LogP contribution in [0.4, 0.5) is 4.79 Å². The topological polar surface area (TPSA) is 177 Å². The molecule has 1 saturated carbocycles. The van der Waals surface area contributed by atoms with Gasteiger partial charge in [-0.3, -0.25) is 14.4 Å². The SMILES string of the molecule is C=CCNC(=O)C(O)C(CCC)NC(=O)[C@@H]1C2C(CN1C(=O)[C@@H](NC(=O)N[C@H](CS(=O)(=O)N(C)C(C)(C)C)C(C)(C)C)C(C)(C)C)C2(C)C. The van der Waals surface area contributed by atoms with Gasteiger partial charge in [0.2, 0.25) is 21.8 Å². The van der Waals surface area contributed by atoms with Gasteiger partial charge in [-0.1, -0.05) is 74.8 Å². The predicted molar refractivity (Wildman–Crippen MR) is 192 cm³/mol. The van der Waals surface area contributed by atoms with E-state index >= 15 is 0 Å². The molecule has 2 fully saturated rings. The molecule has 282 valence electrons. The molecule has 0 aromatic heterocycles. The van der Waals surface area contributed by atoms with Crippen LogP contribution in [0.1, 0.15) is 95.9 Å². The van der Waals surface area contributed by atoms with Crippen LogP contribution < -0.4 is 21.3 Å². The molecule has 0 bridgehead atoms. The van der Waals surface area contributed by atoms with Crippen molar-refractivity contribution in [3.05, 3.63) is 12.7 Å². The zero-order chi connectivity index (χ0) is 38.1. The molecule has 5 amide bonds. The van der Waals surface area contributed by atoms with Crippen molar-refractivity contribution in [2.45, 2.75) is 132 Å². The van der Waals surface area contributed by atoms with Crippen molar-refractivity contribution in [3.63, 3.8) is 0 Å². The second-order valence-electron chi connectivity index (χ2n) is 17.5. The normalized spacial score (nSPS) is 23.1. The van der Waals surface area contributed by atoms with Gasteiger partial charge < -0.3 is 31.3 Å². The van der Waals surface area contributed by atoms with E-state index in [0.29, 0.717) is 19.4 Å². The van der Waals surface area contributed by atoms with E-state index in [4.69, 9.17) is 0 Å². The van der Waals surface area contributed by atoms with Crippen LogP contribution in [0.3, 0.4) is 0 Å². The molecule has 2 aliphatic rings. The summed E-state index contributed by atoms with van der Waals surface area (Å²) in [6.45, 7) is 26.4.